The summed E-state index contributed by atoms with van der Waals surface area (Å²) in [7, 11) is 0. The summed E-state index contributed by atoms with van der Waals surface area (Å²) >= 11 is 0. The molecule has 0 aliphatic carbocycles. The number of aliphatic carboxylic acids is 1. The number of hydrogen-bond donors (Lipinski definition) is 1. The lowest BCUT2D eigenvalue weighted by atomic mass is 10.3. The van der Waals surface area contributed by atoms with Crippen molar-refractivity contribution in [3.05, 3.63) is 12.2 Å². The third kappa shape index (κ3) is 4.91. The third-order valence-electron chi connectivity index (χ3n) is 1.60. The average Bonchev–Trinajstić information content (AvgIpc) is 2.67. The van der Waals surface area contributed by atoms with Crippen LogP contribution < -0.4 is 0 Å². The molecule has 0 bridgehead atoms. The van der Waals surface area contributed by atoms with Gasteiger partial charge in [-0.3, -0.25) is 0 Å². The zero-order valence-corrected chi connectivity index (χ0v) is 7.83. The lowest BCUT2D eigenvalue weighted by molar-refractivity contribution is -0.132. The predicted octanol–water partition coefficient (Wildman–Crippen LogP) is 1.83. The Labute approximate surface area is 73.0 Å². The van der Waals surface area contributed by atoms with Gasteiger partial charge in [0.15, 0.2) is 0 Å². The Balaban J connectivity index is 0.000000202. The number of carboxylic acids is 1. The van der Waals surface area contributed by atoms with Crippen LogP contribution in [0.3, 0.4) is 0 Å². The SMILES string of the molecule is C=C(C)C(=O)O.CCC1OC1C. The summed E-state index contributed by atoms with van der Waals surface area (Å²) in [6, 6.07) is 0. The highest BCUT2D eigenvalue weighted by Gasteiger charge is 2.31. The number of rotatable bonds is 2. The number of carbonyl (C=O) groups is 1. The van der Waals surface area contributed by atoms with Gasteiger partial charge in [-0.2, -0.15) is 0 Å². The van der Waals surface area contributed by atoms with Crippen LogP contribution in [0.4, 0.5) is 0 Å². The Hall–Kier alpha value is -0.830. The highest BCUT2D eigenvalue weighted by atomic mass is 16.6. The van der Waals surface area contributed by atoms with Crippen LogP contribution in [0.25, 0.3) is 0 Å². The van der Waals surface area contributed by atoms with Crippen LogP contribution in [0.1, 0.15) is 27.2 Å². The van der Waals surface area contributed by atoms with Gasteiger partial charge in [-0.15, -0.1) is 0 Å². The maximum absolute atomic E-state index is 9.60. The second kappa shape index (κ2) is 4.93. The molecule has 2 atom stereocenters. The summed E-state index contributed by atoms with van der Waals surface area (Å²) in [6.07, 6.45) is 2.35. The fourth-order valence-electron chi connectivity index (χ4n) is 0.659. The average molecular weight is 172 g/mol. The van der Waals surface area contributed by atoms with Crippen molar-refractivity contribution < 1.29 is 14.6 Å². The molecule has 1 N–H and O–H groups in total. The molecule has 0 amide bonds. The zero-order chi connectivity index (χ0) is 9.72. The molecule has 0 saturated carbocycles. The van der Waals surface area contributed by atoms with Gasteiger partial charge in [0, 0.05) is 5.57 Å². The van der Waals surface area contributed by atoms with E-state index in [2.05, 4.69) is 20.4 Å². The molecular weight excluding hydrogens is 156 g/mol. The van der Waals surface area contributed by atoms with E-state index >= 15 is 0 Å². The Morgan fingerprint density at radius 3 is 2.00 bits per heavy atom. The van der Waals surface area contributed by atoms with Crippen molar-refractivity contribution in [3.8, 4) is 0 Å². The Morgan fingerprint density at radius 1 is 1.67 bits per heavy atom. The topological polar surface area (TPSA) is 49.8 Å². The van der Waals surface area contributed by atoms with Gasteiger partial charge in [-0.05, 0) is 20.3 Å². The Morgan fingerprint density at radius 2 is 2.00 bits per heavy atom. The number of hydrogen-bond acceptors (Lipinski definition) is 2. The van der Waals surface area contributed by atoms with Crippen molar-refractivity contribution in [2.75, 3.05) is 0 Å². The highest BCUT2D eigenvalue weighted by molar-refractivity contribution is 5.84. The minimum absolute atomic E-state index is 0.176. The lowest BCUT2D eigenvalue weighted by Crippen LogP contribution is -1.92. The molecule has 1 saturated heterocycles. The van der Waals surface area contributed by atoms with Gasteiger partial charge < -0.3 is 9.84 Å². The first-order valence-electron chi connectivity index (χ1n) is 4.03. The van der Waals surface area contributed by atoms with Crippen molar-refractivity contribution in [1.29, 1.82) is 0 Å². The van der Waals surface area contributed by atoms with E-state index in [0.717, 1.165) is 0 Å². The molecular formula is C9H16O3. The van der Waals surface area contributed by atoms with Gasteiger partial charge in [0.05, 0.1) is 12.2 Å². The summed E-state index contributed by atoms with van der Waals surface area (Å²) in [4.78, 5) is 9.60. The van der Waals surface area contributed by atoms with Crippen LogP contribution in [-0.4, -0.2) is 23.3 Å². The van der Waals surface area contributed by atoms with Crippen LogP contribution in [0.15, 0.2) is 12.2 Å². The van der Waals surface area contributed by atoms with Crippen LogP contribution in [0.2, 0.25) is 0 Å². The standard InChI is InChI=1S/C5H10O.C4H6O2/c1-3-5-4(2)6-5;1-3(2)4(5)6/h4-5H,3H2,1-2H3;1H2,2H3,(H,5,6). The van der Waals surface area contributed by atoms with Gasteiger partial charge in [0.1, 0.15) is 0 Å². The second-order valence-corrected chi connectivity index (χ2v) is 2.87. The molecule has 1 fully saturated rings. The van der Waals surface area contributed by atoms with Crippen LogP contribution in [0.5, 0.6) is 0 Å². The van der Waals surface area contributed by atoms with E-state index in [1.165, 1.54) is 13.3 Å². The summed E-state index contributed by atoms with van der Waals surface area (Å²) in [5.74, 6) is -0.935. The molecule has 2 unspecified atom stereocenters. The lowest BCUT2D eigenvalue weighted by Gasteiger charge is -1.79. The molecule has 12 heavy (non-hydrogen) atoms. The molecule has 0 radical (unpaired) electrons. The van der Waals surface area contributed by atoms with Crippen LogP contribution >= 0.6 is 0 Å². The summed E-state index contributed by atoms with van der Waals surface area (Å²) in [6.45, 7) is 8.85. The van der Waals surface area contributed by atoms with Crippen molar-refractivity contribution in [2.24, 2.45) is 0 Å². The van der Waals surface area contributed by atoms with E-state index in [-0.39, 0.29) is 5.57 Å². The Kier molecular flexibility index (Phi) is 4.59. The number of epoxide rings is 1. The largest absolute Gasteiger partial charge is 0.478 e. The van der Waals surface area contributed by atoms with Gasteiger partial charge in [0.2, 0.25) is 0 Å². The summed E-state index contributed by atoms with van der Waals surface area (Å²) in [5, 5.41) is 7.89. The molecule has 1 heterocycles. The van der Waals surface area contributed by atoms with Crippen LogP contribution in [-0.2, 0) is 9.53 Å². The minimum atomic E-state index is -0.935. The molecule has 0 aromatic carbocycles. The van der Waals surface area contributed by atoms with Crippen molar-refractivity contribution >= 4 is 5.97 Å². The van der Waals surface area contributed by atoms with Gasteiger partial charge >= 0.3 is 5.97 Å². The van der Waals surface area contributed by atoms with Gasteiger partial charge in [-0.25, -0.2) is 4.79 Å². The molecule has 3 nitrogen and oxygen atoms in total. The van der Waals surface area contributed by atoms with E-state index in [4.69, 9.17) is 9.84 Å². The molecule has 1 rings (SSSR count). The Bertz CT molecular complexity index is 161. The van der Waals surface area contributed by atoms with Crippen LogP contribution in [0, 0.1) is 0 Å². The van der Waals surface area contributed by atoms with Gasteiger partial charge in [0.25, 0.3) is 0 Å². The van der Waals surface area contributed by atoms with Crippen molar-refractivity contribution in [1.82, 2.24) is 0 Å². The molecule has 3 heteroatoms. The maximum atomic E-state index is 9.60. The molecule has 0 aromatic rings. The summed E-state index contributed by atoms with van der Waals surface area (Å²) in [5.41, 5.74) is 0.176. The summed E-state index contributed by atoms with van der Waals surface area (Å²) < 4.78 is 5.07. The molecule has 0 aromatic heterocycles. The molecule has 1 aliphatic heterocycles. The van der Waals surface area contributed by atoms with Crippen molar-refractivity contribution in [2.45, 2.75) is 39.4 Å². The zero-order valence-electron chi connectivity index (χ0n) is 7.83. The first-order valence-corrected chi connectivity index (χ1v) is 4.03. The fraction of sp³-hybridized carbons (Fsp3) is 0.667. The smallest absolute Gasteiger partial charge is 0.330 e. The predicted molar refractivity (Wildman–Crippen MR) is 47.1 cm³/mol. The first-order chi connectivity index (χ1) is 5.49. The van der Waals surface area contributed by atoms with E-state index in [0.29, 0.717) is 12.2 Å². The second-order valence-electron chi connectivity index (χ2n) is 2.87. The van der Waals surface area contributed by atoms with Gasteiger partial charge in [-0.1, -0.05) is 13.5 Å². The molecule has 1 aliphatic rings. The third-order valence-corrected chi connectivity index (χ3v) is 1.60. The highest BCUT2D eigenvalue weighted by Crippen LogP contribution is 2.23. The number of carboxylic acid groups (broad SMARTS) is 1. The van der Waals surface area contributed by atoms with E-state index in [9.17, 15) is 4.79 Å². The van der Waals surface area contributed by atoms with E-state index in [1.807, 2.05) is 0 Å². The molecule has 0 spiro atoms. The van der Waals surface area contributed by atoms with E-state index in [1.54, 1.807) is 0 Å². The monoisotopic (exact) mass is 172 g/mol. The minimum Gasteiger partial charge on any atom is -0.478 e. The molecule has 70 valence electrons. The fourth-order valence-corrected chi connectivity index (χ4v) is 0.659. The van der Waals surface area contributed by atoms with E-state index < -0.39 is 5.97 Å². The normalized spacial score (nSPS) is 25.2. The quantitative estimate of drug-likeness (QED) is 0.510. The first kappa shape index (κ1) is 11.2. The van der Waals surface area contributed by atoms with Crippen molar-refractivity contribution in [3.63, 3.8) is 0 Å². The maximum Gasteiger partial charge on any atom is 0.330 e. The number of ether oxygens (including phenoxy) is 1.